The van der Waals surface area contributed by atoms with Crippen molar-refractivity contribution in [1.29, 1.82) is 0 Å². The summed E-state index contributed by atoms with van der Waals surface area (Å²) >= 11 is 0.975. The van der Waals surface area contributed by atoms with Gasteiger partial charge in [0, 0.05) is 11.5 Å². The molecule has 12 heavy (non-hydrogen) atoms. The molecule has 0 aliphatic rings. The lowest BCUT2D eigenvalue weighted by Gasteiger charge is -1.88. The molecule has 0 unspecified atom stereocenters. The second-order valence-corrected chi connectivity index (χ2v) is 2.46. The molecule has 1 aromatic heterocycles. The molecule has 0 aliphatic heterocycles. The van der Waals surface area contributed by atoms with Crippen LogP contribution in [0.1, 0.15) is 5.82 Å². The van der Waals surface area contributed by atoms with Gasteiger partial charge in [-0.3, -0.25) is 4.79 Å². The molecule has 0 aromatic carbocycles. The van der Waals surface area contributed by atoms with Gasteiger partial charge in [0.2, 0.25) is 5.82 Å². The molecule has 7 heteroatoms. The van der Waals surface area contributed by atoms with Crippen molar-refractivity contribution in [3.63, 3.8) is 0 Å². The quantitative estimate of drug-likeness (QED) is 0.510. The van der Waals surface area contributed by atoms with E-state index in [0.29, 0.717) is 0 Å². The highest BCUT2D eigenvalue weighted by Crippen LogP contribution is 2.05. The molecule has 0 bridgehead atoms. The molecular formula is C5H5N4O2S. The third kappa shape index (κ3) is 1.76. The molecule has 0 saturated carbocycles. The van der Waals surface area contributed by atoms with Crippen LogP contribution in [0.3, 0.4) is 0 Å². The first-order valence-electron chi connectivity index (χ1n) is 2.86. The zero-order valence-electron chi connectivity index (χ0n) is 6.14. The first kappa shape index (κ1) is 8.60. The van der Waals surface area contributed by atoms with E-state index in [-0.39, 0.29) is 16.7 Å². The fourth-order valence-electron chi connectivity index (χ4n) is 0.528. The van der Waals surface area contributed by atoms with E-state index in [4.69, 9.17) is 5.73 Å². The molecule has 1 radical (unpaired) electrons. The maximum absolute atomic E-state index is 10.3. The van der Waals surface area contributed by atoms with Gasteiger partial charge in [-0.1, -0.05) is 5.16 Å². The molecule has 0 fully saturated rings. The van der Waals surface area contributed by atoms with E-state index in [1.165, 1.54) is 13.4 Å². The van der Waals surface area contributed by atoms with Crippen LogP contribution in [-0.2, 0) is 9.63 Å². The number of rotatable bonds is 3. The molecule has 0 saturated heterocycles. The van der Waals surface area contributed by atoms with E-state index in [1.54, 1.807) is 0 Å². The summed E-state index contributed by atoms with van der Waals surface area (Å²) in [6, 6.07) is 0. The third-order valence-corrected chi connectivity index (χ3v) is 1.48. The SMILES string of the molecule is CO/N=C(/[C]=O)c1nsc(N)n1. The summed E-state index contributed by atoms with van der Waals surface area (Å²) in [5.74, 6) is 0.134. The van der Waals surface area contributed by atoms with Crippen LogP contribution >= 0.6 is 11.5 Å². The smallest absolute Gasteiger partial charge is 0.261 e. The summed E-state index contributed by atoms with van der Waals surface area (Å²) in [6.45, 7) is 0. The van der Waals surface area contributed by atoms with Gasteiger partial charge in [-0.25, -0.2) is 0 Å². The van der Waals surface area contributed by atoms with Crippen LogP contribution in [-0.4, -0.2) is 28.5 Å². The van der Waals surface area contributed by atoms with Crippen LogP contribution in [0.15, 0.2) is 5.16 Å². The first-order chi connectivity index (χ1) is 5.77. The number of nitrogens with zero attached hydrogens (tertiary/aromatic N) is 3. The Hall–Kier alpha value is -1.50. The average molecular weight is 185 g/mol. The van der Waals surface area contributed by atoms with Crippen molar-refractivity contribution in [3.05, 3.63) is 5.82 Å². The second kappa shape index (κ2) is 3.77. The minimum absolute atomic E-state index is 0.0922. The highest BCUT2D eigenvalue weighted by atomic mass is 32.1. The van der Waals surface area contributed by atoms with Crippen molar-refractivity contribution < 1.29 is 9.63 Å². The number of oxime groups is 1. The van der Waals surface area contributed by atoms with Gasteiger partial charge in [-0.2, -0.15) is 9.36 Å². The molecule has 0 amide bonds. The largest absolute Gasteiger partial charge is 0.398 e. The maximum atomic E-state index is 10.3. The standard InChI is InChI=1S/C5H5N4O2S/c1-11-8-3(2-10)4-7-5(6)12-9-4/h1H3,(H2,6,7,9)/b8-3-. The predicted molar refractivity (Wildman–Crippen MR) is 43.6 cm³/mol. The monoisotopic (exact) mass is 185 g/mol. The van der Waals surface area contributed by atoms with Gasteiger partial charge in [0.15, 0.2) is 10.8 Å². The normalized spacial score (nSPS) is 11.2. The van der Waals surface area contributed by atoms with E-state index < -0.39 is 0 Å². The van der Waals surface area contributed by atoms with Crippen molar-refractivity contribution >= 4 is 28.7 Å². The lowest BCUT2D eigenvalue weighted by Crippen LogP contribution is -2.05. The van der Waals surface area contributed by atoms with Crippen LogP contribution < -0.4 is 5.73 Å². The Labute approximate surface area is 72.2 Å². The Morgan fingerprint density at radius 2 is 2.58 bits per heavy atom. The van der Waals surface area contributed by atoms with Crippen LogP contribution in [0, 0.1) is 0 Å². The summed E-state index contributed by atoms with van der Waals surface area (Å²) in [5, 5.41) is 3.61. The van der Waals surface area contributed by atoms with Gasteiger partial charge < -0.3 is 10.6 Å². The fourth-order valence-corrected chi connectivity index (χ4v) is 0.962. The van der Waals surface area contributed by atoms with Crippen molar-refractivity contribution in [2.75, 3.05) is 12.8 Å². The summed E-state index contributed by atoms with van der Waals surface area (Å²) < 4.78 is 3.74. The molecule has 2 N–H and O–H groups in total. The molecular weight excluding hydrogens is 180 g/mol. The lowest BCUT2D eigenvalue weighted by molar-refractivity contribution is 0.214. The topological polar surface area (TPSA) is 90.5 Å². The maximum Gasteiger partial charge on any atom is 0.261 e. The summed E-state index contributed by atoms with van der Waals surface area (Å²) in [6.07, 6.45) is 1.53. The molecule has 1 rings (SSSR count). The van der Waals surface area contributed by atoms with Gasteiger partial charge in [0.25, 0.3) is 6.29 Å². The first-order valence-corrected chi connectivity index (χ1v) is 3.64. The Morgan fingerprint density at radius 1 is 1.83 bits per heavy atom. The van der Waals surface area contributed by atoms with Crippen molar-refractivity contribution in [1.82, 2.24) is 9.36 Å². The minimum atomic E-state index is -0.0922. The zero-order valence-corrected chi connectivity index (χ0v) is 6.96. The van der Waals surface area contributed by atoms with Gasteiger partial charge >= 0.3 is 0 Å². The molecule has 63 valence electrons. The van der Waals surface area contributed by atoms with Crippen LogP contribution in [0.2, 0.25) is 0 Å². The van der Waals surface area contributed by atoms with Gasteiger partial charge in [0.05, 0.1) is 0 Å². The van der Waals surface area contributed by atoms with E-state index in [9.17, 15) is 4.79 Å². The Morgan fingerprint density at radius 3 is 3.00 bits per heavy atom. The highest BCUT2D eigenvalue weighted by molar-refractivity contribution is 7.09. The molecule has 0 aliphatic carbocycles. The number of carbonyl (C=O) groups excluding carboxylic acids is 1. The summed E-state index contributed by atoms with van der Waals surface area (Å²) in [5.41, 5.74) is 5.19. The lowest BCUT2D eigenvalue weighted by atomic mass is 10.4. The third-order valence-electron chi connectivity index (χ3n) is 0.933. The zero-order chi connectivity index (χ0) is 8.97. The molecule has 0 atom stereocenters. The Bertz CT molecular complexity index is 308. The second-order valence-electron chi connectivity index (χ2n) is 1.68. The predicted octanol–water partition coefficient (Wildman–Crippen LogP) is -0.419. The van der Waals surface area contributed by atoms with Crippen molar-refractivity contribution in [2.45, 2.75) is 0 Å². The number of nitrogen functional groups attached to an aromatic ring is 1. The van der Waals surface area contributed by atoms with Crippen LogP contribution in [0.4, 0.5) is 5.13 Å². The van der Waals surface area contributed by atoms with Gasteiger partial charge in [-0.05, 0) is 0 Å². The number of anilines is 1. The molecule has 1 heterocycles. The summed E-state index contributed by atoms with van der Waals surface area (Å²) in [7, 11) is 1.31. The average Bonchev–Trinajstić information content (AvgIpc) is 2.47. The van der Waals surface area contributed by atoms with Crippen LogP contribution in [0.5, 0.6) is 0 Å². The summed E-state index contributed by atoms with van der Waals surface area (Å²) in [4.78, 5) is 18.3. The molecule has 1 aromatic rings. The molecule has 6 nitrogen and oxygen atoms in total. The molecule has 0 spiro atoms. The Balaban J connectivity index is 2.94. The number of nitrogens with two attached hydrogens (primary N) is 1. The van der Waals surface area contributed by atoms with Crippen molar-refractivity contribution in [3.8, 4) is 0 Å². The van der Waals surface area contributed by atoms with E-state index in [1.807, 2.05) is 0 Å². The minimum Gasteiger partial charge on any atom is -0.398 e. The van der Waals surface area contributed by atoms with E-state index in [0.717, 1.165) is 11.5 Å². The van der Waals surface area contributed by atoms with E-state index in [2.05, 4.69) is 19.4 Å². The van der Waals surface area contributed by atoms with Crippen LogP contribution in [0.25, 0.3) is 0 Å². The number of hydrogen-bond acceptors (Lipinski definition) is 7. The number of hydrogen-bond donors (Lipinski definition) is 1. The van der Waals surface area contributed by atoms with Crippen molar-refractivity contribution in [2.24, 2.45) is 5.16 Å². The van der Waals surface area contributed by atoms with Gasteiger partial charge in [0.1, 0.15) is 7.11 Å². The number of aromatic nitrogens is 2. The highest BCUT2D eigenvalue weighted by Gasteiger charge is 2.09. The van der Waals surface area contributed by atoms with Gasteiger partial charge in [-0.15, -0.1) is 0 Å². The fraction of sp³-hybridized carbons (Fsp3) is 0.200. The Kier molecular flexibility index (Phi) is 2.70. The van der Waals surface area contributed by atoms with E-state index >= 15 is 0 Å².